The second-order valence-corrected chi connectivity index (χ2v) is 7.22. The van der Waals surface area contributed by atoms with Crippen molar-refractivity contribution in [2.75, 3.05) is 24.6 Å². The first kappa shape index (κ1) is 15.9. The van der Waals surface area contributed by atoms with Gasteiger partial charge in [-0.25, -0.2) is 0 Å². The van der Waals surface area contributed by atoms with E-state index in [-0.39, 0.29) is 17.6 Å². The Kier molecular flexibility index (Phi) is 3.97. The summed E-state index contributed by atoms with van der Waals surface area (Å²) in [6.07, 6.45) is 4.73. The summed E-state index contributed by atoms with van der Waals surface area (Å²) in [6, 6.07) is 8.50. The summed E-state index contributed by atoms with van der Waals surface area (Å²) in [5.41, 5.74) is 3.55. The molecule has 2 aliphatic rings. The molecule has 1 aliphatic heterocycles. The third-order valence-electron chi connectivity index (χ3n) is 6.09. The molecule has 24 heavy (non-hydrogen) atoms. The number of fused-ring (bicyclic) bond motifs is 1. The molecule has 2 atom stereocenters. The molecular weight excluding hydrogens is 300 g/mol. The molecule has 0 amide bonds. The summed E-state index contributed by atoms with van der Waals surface area (Å²) < 4.78 is 5.88. The number of hydrogen-bond donors (Lipinski definition) is 1. The van der Waals surface area contributed by atoms with Gasteiger partial charge in [-0.05, 0) is 38.3 Å². The van der Waals surface area contributed by atoms with Gasteiger partial charge in [-0.15, -0.1) is 0 Å². The van der Waals surface area contributed by atoms with Crippen molar-refractivity contribution >= 4 is 16.6 Å². The van der Waals surface area contributed by atoms with E-state index in [0.29, 0.717) is 0 Å². The number of pyridine rings is 1. The van der Waals surface area contributed by atoms with Gasteiger partial charge >= 0.3 is 0 Å². The number of aliphatic hydroxyl groups excluding tert-OH is 1. The number of hydrogen-bond acceptors (Lipinski definition) is 4. The third kappa shape index (κ3) is 2.32. The number of aliphatic hydroxyl groups is 1. The number of aromatic nitrogens is 1. The Morgan fingerprint density at radius 1 is 1.29 bits per heavy atom. The molecule has 1 N–H and O–H groups in total. The minimum atomic E-state index is -0.201. The average Bonchev–Trinajstić information content (AvgIpc) is 2.62. The Balaban J connectivity index is 1.58. The van der Waals surface area contributed by atoms with Crippen LogP contribution in [-0.4, -0.2) is 42.0 Å². The zero-order valence-corrected chi connectivity index (χ0v) is 14.5. The third-order valence-corrected chi connectivity index (χ3v) is 6.09. The van der Waals surface area contributed by atoms with Gasteiger partial charge in [-0.2, -0.15) is 0 Å². The van der Waals surface area contributed by atoms with Crippen molar-refractivity contribution in [1.82, 2.24) is 4.98 Å². The van der Waals surface area contributed by atoms with Crippen LogP contribution in [0, 0.1) is 12.3 Å². The minimum Gasteiger partial charge on any atom is -0.392 e. The highest BCUT2D eigenvalue weighted by Crippen LogP contribution is 2.51. The van der Waals surface area contributed by atoms with Crippen LogP contribution in [0.3, 0.4) is 0 Å². The summed E-state index contributed by atoms with van der Waals surface area (Å²) in [4.78, 5) is 7.00. The van der Waals surface area contributed by atoms with E-state index in [1.165, 1.54) is 16.6 Å². The van der Waals surface area contributed by atoms with Gasteiger partial charge in [0.15, 0.2) is 0 Å². The summed E-state index contributed by atoms with van der Waals surface area (Å²) >= 11 is 0. The molecule has 2 fully saturated rings. The molecule has 1 saturated heterocycles. The molecule has 1 aromatic heterocycles. The zero-order valence-electron chi connectivity index (χ0n) is 14.5. The van der Waals surface area contributed by atoms with Crippen molar-refractivity contribution in [3.8, 4) is 0 Å². The molecule has 2 unspecified atom stereocenters. The van der Waals surface area contributed by atoms with Crippen molar-refractivity contribution in [3.63, 3.8) is 0 Å². The fraction of sp³-hybridized carbons (Fsp3) is 0.550. The number of rotatable bonds is 3. The van der Waals surface area contributed by atoms with E-state index >= 15 is 0 Å². The maximum Gasteiger partial charge on any atom is 0.0751 e. The Morgan fingerprint density at radius 2 is 2.08 bits per heavy atom. The summed E-state index contributed by atoms with van der Waals surface area (Å²) in [5, 5.41) is 11.6. The van der Waals surface area contributed by atoms with Crippen molar-refractivity contribution in [1.29, 1.82) is 0 Å². The lowest BCUT2D eigenvalue weighted by Gasteiger charge is -2.57. The van der Waals surface area contributed by atoms with Crippen LogP contribution >= 0.6 is 0 Å². The van der Waals surface area contributed by atoms with Crippen molar-refractivity contribution < 1.29 is 9.84 Å². The van der Waals surface area contributed by atoms with E-state index in [0.717, 1.165) is 44.5 Å². The molecule has 1 aliphatic carbocycles. The molecule has 1 aromatic carbocycles. The fourth-order valence-corrected chi connectivity index (χ4v) is 4.57. The zero-order chi connectivity index (χ0) is 16.7. The molecule has 128 valence electrons. The highest BCUT2D eigenvalue weighted by Gasteiger charge is 2.56. The van der Waals surface area contributed by atoms with E-state index in [9.17, 15) is 5.11 Å². The quantitative estimate of drug-likeness (QED) is 0.940. The van der Waals surface area contributed by atoms with Gasteiger partial charge in [0, 0.05) is 48.8 Å². The van der Waals surface area contributed by atoms with Crippen LogP contribution in [0.25, 0.3) is 10.9 Å². The normalized spacial score (nSPS) is 25.9. The maximum atomic E-state index is 10.4. The second-order valence-electron chi connectivity index (χ2n) is 7.22. The summed E-state index contributed by atoms with van der Waals surface area (Å²) in [6.45, 7) is 6.82. The van der Waals surface area contributed by atoms with E-state index in [2.05, 4.69) is 41.1 Å². The minimum absolute atomic E-state index is 0.0226. The van der Waals surface area contributed by atoms with E-state index in [1.54, 1.807) is 0 Å². The number of para-hydroxylation sites is 1. The van der Waals surface area contributed by atoms with Gasteiger partial charge in [0.1, 0.15) is 0 Å². The molecule has 4 heteroatoms. The number of anilines is 1. The van der Waals surface area contributed by atoms with Crippen molar-refractivity contribution in [2.24, 2.45) is 5.41 Å². The first-order chi connectivity index (χ1) is 11.7. The van der Waals surface area contributed by atoms with E-state index in [1.807, 2.05) is 13.1 Å². The molecule has 4 rings (SSSR count). The number of aryl methyl sites for hydroxylation is 1. The monoisotopic (exact) mass is 326 g/mol. The van der Waals surface area contributed by atoms with E-state index in [4.69, 9.17) is 4.74 Å². The smallest absolute Gasteiger partial charge is 0.0751 e. The van der Waals surface area contributed by atoms with Crippen LogP contribution in [0.4, 0.5) is 5.69 Å². The Hall–Kier alpha value is -1.65. The molecule has 1 saturated carbocycles. The van der Waals surface area contributed by atoms with Gasteiger partial charge in [0.2, 0.25) is 0 Å². The number of ether oxygens (including phenoxy) is 1. The number of nitrogens with zero attached hydrogens (tertiary/aromatic N) is 2. The average molecular weight is 326 g/mol. The topological polar surface area (TPSA) is 45.6 Å². The predicted octanol–water partition coefficient (Wildman–Crippen LogP) is 3.30. The highest BCUT2D eigenvalue weighted by molar-refractivity contribution is 5.93. The van der Waals surface area contributed by atoms with Crippen LogP contribution < -0.4 is 4.90 Å². The number of benzene rings is 1. The lowest BCUT2D eigenvalue weighted by molar-refractivity contribution is -0.199. The standard InChI is InChI=1S/C20H26N2O2/c1-3-24-18-13-17(23)20(18)8-11-22(12-9-20)16-7-10-21-19-14(2)5-4-6-15(16)19/h4-7,10,17-18,23H,3,8-9,11-13H2,1-2H3. The highest BCUT2D eigenvalue weighted by atomic mass is 16.5. The number of piperidine rings is 1. The van der Waals surface area contributed by atoms with Gasteiger partial charge < -0.3 is 14.7 Å². The van der Waals surface area contributed by atoms with Gasteiger partial charge in [0.05, 0.1) is 17.7 Å². The Bertz CT molecular complexity index is 735. The first-order valence-electron chi connectivity index (χ1n) is 9.04. The maximum absolute atomic E-state index is 10.4. The lowest BCUT2D eigenvalue weighted by atomic mass is 9.58. The fourth-order valence-electron chi connectivity index (χ4n) is 4.57. The first-order valence-corrected chi connectivity index (χ1v) is 9.04. The van der Waals surface area contributed by atoms with Crippen molar-refractivity contribution in [2.45, 2.75) is 45.3 Å². The molecule has 4 nitrogen and oxygen atoms in total. The van der Waals surface area contributed by atoms with Crippen LogP contribution in [0.1, 0.15) is 31.7 Å². The molecule has 0 bridgehead atoms. The summed E-state index contributed by atoms with van der Waals surface area (Å²) in [7, 11) is 0. The van der Waals surface area contributed by atoms with Crippen LogP contribution in [0.15, 0.2) is 30.5 Å². The predicted molar refractivity (Wildman–Crippen MR) is 96.4 cm³/mol. The molecule has 1 spiro atoms. The van der Waals surface area contributed by atoms with Gasteiger partial charge in [-0.1, -0.05) is 18.2 Å². The SMILES string of the molecule is CCOC1CC(O)C12CCN(c1ccnc3c(C)cccc13)CC2. The Labute approximate surface area is 143 Å². The second kappa shape index (κ2) is 6.01. The Morgan fingerprint density at radius 3 is 2.79 bits per heavy atom. The van der Waals surface area contributed by atoms with Crippen LogP contribution in [0.5, 0.6) is 0 Å². The van der Waals surface area contributed by atoms with Crippen LogP contribution in [-0.2, 0) is 4.74 Å². The largest absolute Gasteiger partial charge is 0.392 e. The van der Waals surface area contributed by atoms with E-state index < -0.39 is 0 Å². The lowest BCUT2D eigenvalue weighted by Crippen LogP contribution is -2.62. The summed E-state index contributed by atoms with van der Waals surface area (Å²) in [5.74, 6) is 0. The van der Waals surface area contributed by atoms with Gasteiger partial charge in [-0.3, -0.25) is 4.98 Å². The molecule has 2 aromatic rings. The molecule has 0 radical (unpaired) electrons. The van der Waals surface area contributed by atoms with Crippen molar-refractivity contribution in [3.05, 3.63) is 36.0 Å². The molecule has 2 heterocycles. The molecular formula is C20H26N2O2. The van der Waals surface area contributed by atoms with Crippen LogP contribution in [0.2, 0.25) is 0 Å². The van der Waals surface area contributed by atoms with Gasteiger partial charge in [0.25, 0.3) is 0 Å².